The minimum absolute atomic E-state index is 0.527. The van der Waals surface area contributed by atoms with Crippen LogP contribution in [0.25, 0.3) is 0 Å². The summed E-state index contributed by atoms with van der Waals surface area (Å²) in [5.41, 5.74) is 0. The first-order chi connectivity index (χ1) is 8.36. The smallest absolute Gasteiger partial charge is 0.0587 e. The topological polar surface area (TPSA) is 24.5 Å². The van der Waals surface area contributed by atoms with Gasteiger partial charge in [0.25, 0.3) is 0 Å². The molecule has 3 nitrogen and oxygen atoms in total. The molecule has 0 amide bonds. The number of nitrogens with one attached hydrogen (secondary N) is 1. The van der Waals surface area contributed by atoms with E-state index in [9.17, 15) is 0 Å². The Morgan fingerprint density at radius 2 is 2.00 bits per heavy atom. The lowest BCUT2D eigenvalue weighted by molar-refractivity contribution is 0.0116. The largest absolute Gasteiger partial charge is 0.378 e. The molecular formula is C14H30N2O. The summed E-state index contributed by atoms with van der Waals surface area (Å²) in [5, 5.41) is 3.53. The van der Waals surface area contributed by atoms with E-state index in [1.165, 1.54) is 51.7 Å². The van der Waals surface area contributed by atoms with Crippen LogP contribution in [0.4, 0.5) is 0 Å². The van der Waals surface area contributed by atoms with Gasteiger partial charge in [0, 0.05) is 6.61 Å². The zero-order valence-corrected chi connectivity index (χ0v) is 11.7. The number of hydrogen-bond acceptors (Lipinski definition) is 3. The SMILES string of the molecule is CCN(CC)CCCNCCC1CCCCO1. The molecule has 0 aliphatic carbocycles. The van der Waals surface area contributed by atoms with Crippen molar-refractivity contribution in [1.82, 2.24) is 10.2 Å². The van der Waals surface area contributed by atoms with Crippen molar-refractivity contribution >= 4 is 0 Å². The first-order valence-electron chi connectivity index (χ1n) is 7.41. The van der Waals surface area contributed by atoms with E-state index < -0.39 is 0 Å². The Morgan fingerprint density at radius 3 is 2.65 bits per heavy atom. The predicted molar refractivity (Wildman–Crippen MR) is 73.5 cm³/mol. The molecule has 1 unspecified atom stereocenters. The van der Waals surface area contributed by atoms with Gasteiger partial charge in [0.2, 0.25) is 0 Å². The summed E-state index contributed by atoms with van der Waals surface area (Å²) in [7, 11) is 0. The van der Waals surface area contributed by atoms with Gasteiger partial charge in [-0.25, -0.2) is 0 Å². The van der Waals surface area contributed by atoms with Crippen LogP contribution in [0.3, 0.4) is 0 Å². The first-order valence-corrected chi connectivity index (χ1v) is 7.41. The quantitative estimate of drug-likeness (QED) is 0.628. The average molecular weight is 242 g/mol. The van der Waals surface area contributed by atoms with Crippen molar-refractivity contribution < 1.29 is 4.74 Å². The molecule has 3 heteroatoms. The Hall–Kier alpha value is -0.120. The average Bonchev–Trinajstić information content (AvgIpc) is 2.39. The van der Waals surface area contributed by atoms with Gasteiger partial charge in [-0.15, -0.1) is 0 Å². The maximum Gasteiger partial charge on any atom is 0.0587 e. The van der Waals surface area contributed by atoms with Gasteiger partial charge in [-0.1, -0.05) is 13.8 Å². The molecule has 1 fully saturated rings. The Bertz CT molecular complexity index is 166. The number of ether oxygens (including phenoxy) is 1. The molecule has 1 aliphatic rings. The summed E-state index contributed by atoms with van der Waals surface area (Å²) in [6.07, 6.45) is 6.85. The highest BCUT2D eigenvalue weighted by Crippen LogP contribution is 2.14. The highest BCUT2D eigenvalue weighted by atomic mass is 16.5. The Labute approximate surface area is 107 Å². The summed E-state index contributed by atoms with van der Waals surface area (Å²) < 4.78 is 5.71. The van der Waals surface area contributed by atoms with Crippen LogP contribution >= 0.6 is 0 Å². The van der Waals surface area contributed by atoms with E-state index in [0.29, 0.717) is 6.10 Å². The molecule has 0 aromatic carbocycles. The van der Waals surface area contributed by atoms with E-state index in [2.05, 4.69) is 24.1 Å². The minimum atomic E-state index is 0.527. The molecule has 1 saturated heterocycles. The molecule has 1 atom stereocenters. The van der Waals surface area contributed by atoms with E-state index in [1.54, 1.807) is 0 Å². The molecule has 1 aliphatic heterocycles. The van der Waals surface area contributed by atoms with Gasteiger partial charge in [-0.3, -0.25) is 0 Å². The monoisotopic (exact) mass is 242 g/mol. The van der Waals surface area contributed by atoms with E-state index >= 15 is 0 Å². The van der Waals surface area contributed by atoms with Crippen LogP contribution in [0, 0.1) is 0 Å². The standard InChI is InChI=1S/C14H30N2O/c1-3-16(4-2)12-7-10-15-11-9-14-8-5-6-13-17-14/h14-15H,3-13H2,1-2H3. The lowest BCUT2D eigenvalue weighted by Crippen LogP contribution is -2.29. The lowest BCUT2D eigenvalue weighted by Gasteiger charge is -2.22. The summed E-state index contributed by atoms with van der Waals surface area (Å²) in [6.45, 7) is 11.3. The zero-order valence-electron chi connectivity index (χ0n) is 11.7. The van der Waals surface area contributed by atoms with Crippen molar-refractivity contribution in [2.75, 3.05) is 39.3 Å². The number of hydrogen-bond donors (Lipinski definition) is 1. The van der Waals surface area contributed by atoms with Crippen LogP contribution < -0.4 is 5.32 Å². The summed E-state index contributed by atoms with van der Waals surface area (Å²) in [5.74, 6) is 0. The fraction of sp³-hybridized carbons (Fsp3) is 1.00. The molecular weight excluding hydrogens is 212 g/mol. The van der Waals surface area contributed by atoms with Crippen molar-refractivity contribution in [3.05, 3.63) is 0 Å². The molecule has 0 bridgehead atoms. The maximum absolute atomic E-state index is 5.71. The normalized spacial score (nSPS) is 21.0. The third-order valence-electron chi connectivity index (χ3n) is 3.64. The summed E-state index contributed by atoms with van der Waals surface area (Å²) in [6, 6.07) is 0. The molecule has 0 radical (unpaired) electrons. The molecule has 1 N–H and O–H groups in total. The Morgan fingerprint density at radius 1 is 1.18 bits per heavy atom. The maximum atomic E-state index is 5.71. The van der Waals surface area contributed by atoms with E-state index in [-0.39, 0.29) is 0 Å². The van der Waals surface area contributed by atoms with Crippen LogP contribution in [0.1, 0.15) is 46.0 Å². The molecule has 0 aromatic rings. The first kappa shape index (κ1) is 14.9. The highest BCUT2D eigenvalue weighted by molar-refractivity contribution is 4.65. The Kier molecular flexibility index (Phi) is 8.67. The second kappa shape index (κ2) is 9.86. The fourth-order valence-corrected chi connectivity index (χ4v) is 2.39. The van der Waals surface area contributed by atoms with Crippen LogP contribution in [0.2, 0.25) is 0 Å². The number of nitrogens with zero attached hydrogens (tertiary/aromatic N) is 1. The summed E-state index contributed by atoms with van der Waals surface area (Å²) in [4.78, 5) is 2.48. The zero-order chi connectivity index (χ0) is 12.3. The van der Waals surface area contributed by atoms with Crippen molar-refractivity contribution in [2.24, 2.45) is 0 Å². The van der Waals surface area contributed by atoms with Crippen molar-refractivity contribution in [2.45, 2.75) is 52.1 Å². The van der Waals surface area contributed by atoms with Gasteiger partial charge >= 0.3 is 0 Å². The van der Waals surface area contributed by atoms with E-state index in [4.69, 9.17) is 4.74 Å². The molecule has 17 heavy (non-hydrogen) atoms. The van der Waals surface area contributed by atoms with Crippen molar-refractivity contribution in [3.63, 3.8) is 0 Å². The fourth-order valence-electron chi connectivity index (χ4n) is 2.39. The van der Waals surface area contributed by atoms with Crippen LogP contribution in [0.5, 0.6) is 0 Å². The van der Waals surface area contributed by atoms with Crippen molar-refractivity contribution in [1.29, 1.82) is 0 Å². The second-order valence-electron chi connectivity index (χ2n) is 4.91. The molecule has 0 aromatic heterocycles. The third kappa shape index (κ3) is 7.02. The lowest BCUT2D eigenvalue weighted by atomic mass is 10.1. The van der Waals surface area contributed by atoms with Crippen LogP contribution in [0.15, 0.2) is 0 Å². The number of rotatable bonds is 9. The van der Waals surface area contributed by atoms with Crippen molar-refractivity contribution in [3.8, 4) is 0 Å². The van der Waals surface area contributed by atoms with Gasteiger partial charge in [0.15, 0.2) is 0 Å². The van der Waals surface area contributed by atoms with Gasteiger partial charge in [-0.2, -0.15) is 0 Å². The third-order valence-corrected chi connectivity index (χ3v) is 3.64. The second-order valence-corrected chi connectivity index (χ2v) is 4.91. The van der Waals surface area contributed by atoms with Gasteiger partial charge in [0.1, 0.15) is 0 Å². The predicted octanol–water partition coefficient (Wildman–Crippen LogP) is 2.27. The molecule has 0 spiro atoms. The summed E-state index contributed by atoms with van der Waals surface area (Å²) >= 11 is 0. The van der Waals surface area contributed by atoms with E-state index in [1.807, 2.05) is 0 Å². The van der Waals surface area contributed by atoms with Crippen LogP contribution in [-0.4, -0.2) is 50.3 Å². The van der Waals surface area contributed by atoms with Gasteiger partial charge < -0.3 is 15.0 Å². The minimum Gasteiger partial charge on any atom is -0.378 e. The van der Waals surface area contributed by atoms with Crippen LogP contribution in [-0.2, 0) is 4.74 Å². The molecule has 0 saturated carbocycles. The molecule has 1 rings (SSSR count). The van der Waals surface area contributed by atoms with Gasteiger partial charge in [-0.05, 0) is 64.8 Å². The van der Waals surface area contributed by atoms with Gasteiger partial charge in [0.05, 0.1) is 6.10 Å². The molecule has 1 heterocycles. The van der Waals surface area contributed by atoms with E-state index in [0.717, 1.165) is 19.7 Å². The highest BCUT2D eigenvalue weighted by Gasteiger charge is 2.12. The Balaban J connectivity index is 1.86. The molecule has 102 valence electrons.